The fraction of sp³-hybridized carbons (Fsp3) is 0.500. The largest absolute Gasteiger partial charge is 0.424 e. The van der Waals surface area contributed by atoms with Gasteiger partial charge in [0.2, 0.25) is 0 Å². The van der Waals surface area contributed by atoms with Crippen LogP contribution in [0.2, 0.25) is 28.2 Å². The maximum absolute atomic E-state index is 13.5. The molecule has 3 fully saturated rings. The number of aldehydes is 1. The molecule has 0 radical (unpaired) electrons. The molecule has 7 nitrogen and oxygen atoms in total. The van der Waals surface area contributed by atoms with E-state index in [2.05, 4.69) is 104 Å². The van der Waals surface area contributed by atoms with Crippen LogP contribution in [0, 0.1) is 11.8 Å². The van der Waals surface area contributed by atoms with Crippen molar-refractivity contribution in [2.45, 2.75) is 158 Å². The van der Waals surface area contributed by atoms with Gasteiger partial charge >= 0.3 is 0 Å². The summed E-state index contributed by atoms with van der Waals surface area (Å²) >= 11 is 0. The summed E-state index contributed by atoms with van der Waals surface area (Å²) in [5.74, 6) is -0.259. The third kappa shape index (κ3) is 9.33. The molecule has 4 aromatic rings. The molecule has 0 saturated carbocycles. The predicted molar refractivity (Wildman–Crippen MR) is 267 cm³/mol. The van der Waals surface area contributed by atoms with Crippen LogP contribution in [0.4, 0.5) is 0 Å². The summed E-state index contributed by atoms with van der Waals surface area (Å²) in [7, 11) is -8.92. The number of ether oxygens (including phenoxy) is 3. The second-order valence-electron chi connectivity index (χ2n) is 20.2. The molecule has 9 atom stereocenters. The van der Waals surface area contributed by atoms with Gasteiger partial charge in [0.1, 0.15) is 6.29 Å². The summed E-state index contributed by atoms with van der Waals surface area (Å²) in [5.41, 5.74) is 0. The highest BCUT2D eigenvalue weighted by molar-refractivity contribution is 6.99. The summed E-state index contributed by atoms with van der Waals surface area (Å²) in [6.45, 7) is 20.1. The van der Waals surface area contributed by atoms with Gasteiger partial charge in [-0.25, -0.2) is 0 Å². The Morgan fingerprint density at radius 3 is 1.47 bits per heavy atom. The molecule has 3 aliphatic heterocycles. The number of fused-ring (bicyclic) bond motifs is 2. The number of carbonyl (C=O) groups excluding carboxylic acids is 1. The molecule has 2 N–H and O–H groups in total. The average molecular weight is 919 g/mol. The first-order chi connectivity index (χ1) is 30.7. The lowest BCUT2D eigenvalue weighted by Gasteiger charge is -2.52. The predicted octanol–water partition coefficient (Wildman–Crippen LogP) is 8.70. The summed E-state index contributed by atoms with van der Waals surface area (Å²) < 4.78 is 29.2. The molecule has 0 aliphatic carbocycles. The van der Waals surface area contributed by atoms with Crippen LogP contribution in [-0.4, -0.2) is 83.6 Å². The first kappa shape index (κ1) is 48.6. The molecule has 7 rings (SSSR count). The summed E-state index contributed by atoms with van der Waals surface area (Å²) in [6, 6.07) is 44.1. The minimum absolute atomic E-state index is 0.0999. The topological polar surface area (TPSA) is 94.5 Å². The lowest BCUT2D eigenvalue weighted by Crippen LogP contribution is -2.67. The van der Waals surface area contributed by atoms with Crippen LogP contribution < -0.4 is 20.7 Å². The maximum Gasteiger partial charge on any atom is 0.258 e. The molecule has 0 aromatic heterocycles. The minimum atomic E-state index is -3.45. The lowest BCUT2D eigenvalue weighted by molar-refractivity contribution is -0.242. The van der Waals surface area contributed by atoms with Crippen molar-refractivity contribution in [3.8, 4) is 0 Å². The maximum atomic E-state index is 13.5. The van der Waals surface area contributed by atoms with Crippen molar-refractivity contribution in [1.29, 1.82) is 0 Å². The van der Waals surface area contributed by atoms with E-state index in [1.54, 1.807) is 0 Å². The van der Waals surface area contributed by atoms with Gasteiger partial charge in [-0.2, -0.15) is 0 Å². The van der Waals surface area contributed by atoms with E-state index < -0.39 is 35.0 Å². The molecule has 4 aromatic carbocycles. The Hall–Kier alpha value is -3.30. The molecular weight excluding hydrogens is 845 g/mol. The van der Waals surface area contributed by atoms with E-state index in [1.165, 1.54) is 0 Å². The Balaban J connectivity index is 1.34. The zero-order valence-electron chi connectivity index (χ0n) is 39.4. The first-order valence-corrected chi connectivity index (χ1v) is 30.5. The van der Waals surface area contributed by atoms with Crippen molar-refractivity contribution in [2.24, 2.45) is 11.8 Å². The van der Waals surface area contributed by atoms with Gasteiger partial charge in [0.15, 0.2) is 8.32 Å². The van der Waals surface area contributed by atoms with E-state index in [9.17, 15) is 14.4 Å². The molecule has 64 heavy (non-hydrogen) atoms. The van der Waals surface area contributed by atoms with Crippen molar-refractivity contribution in [3.05, 3.63) is 134 Å². The molecule has 3 saturated heterocycles. The normalized spacial score (nSPS) is 25.8. The van der Waals surface area contributed by atoms with Crippen molar-refractivity contribution in [2.75, 3.05) is 0 Å². The van der Waals surface area contributed by atoms with E-state index in [4.69, 9.17) is 18.6 Å². The van der Waals surface area contributed by atoms with Crippen LogP contribution in [0.15, 0.2) is 134 Å². The molecule has 344 valence electrons. The Kier molecular flexibility index (Phi) is 15.4. The third-order valence-electron chi connectivity index (χ3n) is 15.9. The van der Waals surface area contributed by atoms with Crippen molar-refractivity contribution >= 4 is 52.0 Å². The van der Waals surface area contributed by atoms with Gasteiger partial charge in [-0.05, 0) is 74.6 Å². The standard InChI is InChI=1S/C54H74O7Si3/c1-9-40(61-62(10-2,11-3)12-4)37-49-46(38-53(5,6)63(56,42-25-17-13-18-26-42)43-27-19-14-20-28-43)51-52(60-49)47(50-48(59-51)34-33-41(58-50)35-36-55)39-54(7,8)64(57,44-29-21-15-22-30-44)45-31-23-16-24-32-45/h9,13-32,36,40-41,46-52,56-57H,1,10-12,33-35,37-39H2,2-8H3/t40?,41-,46+,47?,48+,49-,50-,51+,52+/m1/s1. The Labute approximate surface area is 387 Å². The molecule has 0 amide bonds. The number of rotatable bonds is 20. The van der Waals surface area contributed by atoms with Gasteiger partial charge in [-0.15, -0.1) is 6.58 Å². The number of hydrogen-bond acceptors (Lipinski definition) is 7. The van der Waals surface area contributed by atoms with Gasteiger partial charge in [0, 0.05) is 24.7 Å². The fourth-order valence-corrected chi connectivity index (χ4v) is 22.4. The Bertz CT molecular complexity index is 2010. The highest BCUT2D eigenvalue weighted by Gasteiger charge is 2.62. The van der Waals surface area contributed by atoms with E-state index in [0.29, 0.717) is 25.7 Å². The van der Waals surface area contributed by atoms with Crippen molar-refractivity contribution in [1.82, 2.24) is 0 Å². The van der Waals surface area contributed by atoms with Gasteiger partial charge in [0.25, 0.3) is 16.6 Å². The highest BCUT2D eigenvalue weighted by atomic mass is 28.4. The molecule has 0 spiro atoms. The second-order valence-corrected chi connectivity index (χ2v) is 32.8. The molecule has 2 unspecified atom stereocenters. The SMILES string of the molecule is C=CC(C[C@H]1O[C@H]2C(CC(C)(C)[Si](O)(c3ccccc3)c3ccccc3)[C@H]3O[C@@H](CC=O)CC[C@@H]3O[C@H]2[C@H]1CC(C)(C)[Si](O)(c1ccccc1)c1ccccc1)O[Si](CC)(CC)CC. The average Bonchev–Trinajstić information content (AvgIpc) is 3.65. The number of hydrogen-bond donors (Lipinski definition) is 2. The van der Waals surface area contributed by atoms with Crippen LogP contribution in [0.25, 0.3) is 0 Å². The molecular formula is C54H74O7Si3. The number of carbonyl (C=O) groups is 1. The van der Waals surface area contributed by atoms with E-state index in [-0.39, 0.29) is 54.6 Å². The zero-order chi connectivity index (χ0) is 45.8. The van der Waals surface area contributed by atoms with Crippen LogP contribution in [0.1, 0.15) is 87.0 Å². The summed E-state index contributed by atoms with van der Waals surface area (Å²) in [6.07, 6.45) is 4.79. The lowest BCUT2D eigenvalue weighted by atomic mass is 9.74. The van der Waals surface area contributed by atoms with Crippen molar-refractivity contribution < 1.29 is 33.0 Å². The van der Waals surface area contributed by atoms with Crippen LogP contribution >= 0.6 is 0 Å². The molecule has 10 heteroatoms. The monoisotopic (exact) mass is 918 g/mol. The van der Waals surface area contributed by atoms with Crippen LogP contribution in [0.5, 0.6) is 0 Å². The van der Waals surface area contributed by atoms with Gasteiger partial charge in [-0.1, -0.05) is 176 Å². The van der Waals surface area contributed by atoms with Gasteiger partial charge in [0.05, 0.1) is 42.7 Å². The van der Waals surface area contributed by atoms with E-state index in [0.717, 1.165) is 58.0 Å². The Morgan fingerprint density at radius 2 is 1.06 bits per heavy atom. The highest BCUT2D eigenvalue weighted by Crippen LogP contribution is 2.55. The third-order valence-corrected chi connectivity index (χ3v) is 29.5. The molecule has 0 bridgehead atoms. The van der Waals surface area contributed by atoms with Gasteiger partial charge < -0.3 is 33.0 Å². The first-order valence-electron chi connectivity index (χ1n) is 24.1. The zero-order valence-corrected chi connectivity index (χ0v) is 42.4. The van der Waals surface area contributed by atoms with Crippen LogP contribution in [-0.2, 0) is 23.4 Å². The summed E-state index contributed by atoms with van der Waals surface area (Å²) in [4.78, 5) is 39.0. The van der Waals surface area contributed by atoms with E-state index in [1.807, 2.05) is 78.9 Å². The van der Waals surface area contributed by atoms with Crippen LogP contribution in [0.3, 0.4) is 0 Å². The van der Waals surface area contributed by atoms with E-state index >= 15 is 0 Å². The quantitative estimate of drug-likeness (QED) is 0.0521. The Morgan fingerprint density at radius 1 is 0.641 bits per heavy atom. The second kappa shape index (κ2) is 20.3. The smallest absolute Gasteiger partial charge is 0.258 e. The van der Waals surface area contributed by atoms with Crippen molar-refractivity contribution in [3.63, 3.8) is 0 Å². The molecule has 3 heterocycles. The number of benzene rings is 4. The molecule has 3 aliphatic rings. The van der Waals surface area contributed by atoms with Gasteiger partial charge in [-0.3, -0.25) is 0 Å². The minimum Gasteiger partial charge on any atom is -0.424 e. The fourth-order valence-electron chi connectivity index (χ4n) is 12.0. The summed E-state index contributed by atoms with van der Waals surface area (Å²) in [5, 5.41) is 2.72.